The molecule has 5 amide bonds. The van der Waals surface area contributed by atoms with E-state index in [2.05, 4.69) is 190 Å². The van der Waals surface area contributed by atoms with Crippen molar-refractivity contribution in [3.63, 3.8) is 0 Å². The van der Waals surface area contributed by atoms with Crippen molar-refractivity contribution in [2.75, 3.05) is 90.5 Å². The number of nitrogens with zero attached hydrogens (tertiary/aromatic N) is 9. The maximum atomic E-state index is 13.8. The van der Waals surface area contributed by atoms with Crippen molar-refractivity contribution in [2.45, 2.75) is 243 Å². The van der Waals surface area contributed by atoms with E-state index in [1.807, 2.05) is 111 Å². The molecule has 0 radical (unpaired) electrons. The van der Waals surface area contributed by atoms with Crippen LogP contribution in [0.5, 0.6) is 11.5 Å². The highest BCUT2D eigenvalue weighted by atomic mass is 79.9. The third kappa shape index (κ3) is 25.4. The number of carbonyl (C=O) groups is 5. The second-order valence-corrected chi connectivity index (χ2v) is 37.6. The molecule has 0 unspecified atom stereocenters. The molecule has 15 rings (SSSR count). The minimum absolute atomic E-state index is 0. The molecule has 0 spiro atoms. The van der Waals surface area contributed by atoms with Crippen LogP contribution in [0.2, 0.25) is 0 Å². The number of pyridine rings is 2. The fourth-order valence-corrected chi connectivity index (χ4v) is 18.0. The van der Waals surface area contributed by atoms with Crippen LogP contribution < -0.4 is 52.2 Å². The van der Waals surface area contributed by atoms with Gasteiger partial charge in [0.1, 0.15) is 17.1 Å². The maximum absolute atomic E-state index is 13.8. The first-order valence-corrected chi connectivity index (χ1v) is 47.1. The molecule has 9 heterocycles. The van der Waals surface area contributed by atoms with Gasteiger partial charge in [-0.25, -0.2) is 24.1 Å². The van der Waals surface area contributed by atoms with Crippen LogP contribution in [-0.2, 0) is 88.7 Å². The van der Waals surface area contributed by atoms with E-state index in [1.54, 1.807) is 38.5 Å². The van der Waals surface area contributed by atoms with E-state index >= 15 is 0 Å². The standard InChI is InChI=1S/C45H56N8O4.C33H39BrN6O4.C23H37BN2O4.CH4/c1-6-40-38(42(50-36-13-17-57-18-14-36)39-26-49-53(7-2)43(39)51-40)25-48-45(55)35-20-29(3)19-34(23-35)44(54)47-24-31-11-12-41(56-5)37(22-31)33-10-8-9-32(21-33)28-52-16-15-46-30(4)27-52;1-5-28-25(30(38-24-9-11-44-12-10-24)26-19-37-40(6-2)31(26)39-28)18-36-33(42)23-14-20(3)13-22(16-23)32(41)35-17-21-7-8-29(43-4)27(34)15-21;1-17-15-25(12-13-26(17)20(27)28-21(2,3)4)16-18-10-9-11-19(14-18)24-29-22(5,6)23(7,8)30-24;/h8-12,19-23,26,30,36,46H,6-7,13-18,24-25,27-28H2,1-5H3,(H,47,54)(H,48,55)(H,50,51);7-8,13-16,19,24H,5-6,9-12,17-18H2,1-4H3,(H,35,41)(H,36,42)(H,38,39);9-11,14,17H,12-13,15-16H2,1-8H3;1H4/t30-;;17-;/m0.0./s1. The summed E-state index contributed by atoms with van der Waals surface area (Å²) in [6.45, 7) is 42.9. The second kappa shape index (κ2) is 45.3. The number of halogens is 1. The minimum atomic E-state index is -0.470. The van der Waals surface area contributed by atoms with Gasteiger partial charge in [0.25, 0.3) is 23.6 Å². The lowest BCUT2D eigenvalue weighted by Crippen LogP contribution is -2.54. The quantitative estimate of drug-likeness (QED) is 0.0224. The molecule has 10 aromatic rings. The number of methoxy groups -OCH3 is 2. The van der Waals surface area contributed by atoms with Crippen molar-refractivity contribution in [1.82, 2.24) is 70.8 Å². The molecule has 30 heteroatoms. The highest BCUT2D eigenvalue weighted by Gasteiger charge is 2.52. The molecule has 7 N–H and O–H groups in total. The first-order valence-electron chi connectivity index (χ1n) is 46.3. The third-order valence-corrected chi connectivity index (χ3v) is 25.7. The monoisotopic (exact) mass is 1870 g/mol. The third-order valence-electron chi connectivity index (χ3n) is 25.1. The summed E-state index contributed by atoms with van der Waals surface area (Å²) in [4.78, 5) is 83.1. The number of amides is 5. The van der Waals surface area contributed by atoms with Crippen LogP contribution in [0.15, 0.2) is 138 Å². The Kier molecular flexibility index (Phi) is 34.4. The minimum Gasteiger partial charge on any atom is -0.496 e. The summed E-state index contributed by atoms with van der Waals surface area (Å²) in [5.74, 6) is 0.468. The Morgan fingerprint density at radius 1 is 0.553 bits per heavy atom. The average molecular weight is 1870 g/mol. The van der Waals surface area contributed by atoms with Crippen molar-refractivity contribution < 1.29 is 57.0 Å². The zero-order valence-corrected chi connectivity index (χ0v) is 80.9. The number of aryl methyl sites for hydroxylation is 6. The molecule has 5 aliphatic heterocycles. The Bertz CT molecular complexity index is 5670. The van der Waals surface area contributed by atoms with Crippen LogP contribution in [0.25, 0.3) is 33.2 Å². The Morgan fingerprint density at radius 2 is 1.02 bits per heavy atom. The molecule has 6 aromatic carbocycles. The lowest BCUT2D eigenvalue weighted by Gasteiger charge is -2.40. The van der Waals surface area contributed by atoms with Gasteiger partial charge in [0, 0.05) is 193 Å². The van der Waals surface area contributed by atoms with Gasteiger partial charge in [-0.3, -0.25) is 29.0 Å². The van der Waals surface area contributed by atoms with Gasteiger partial charge in [-0.1, -0.05) is 75.9 Å². The summed E-state index contributed by atoms with van der Waals surface area (Å²) >= 11 is 3.48. The van der Waals surface area contributed by atoms with Gasteiger partial charge >= 0.3 is 13.2 Å². The maximum Gasteiger partial charge on any atom is 0.494 e. The van der Waals surface area contributed by atoms with E-state index < -0.39 is 5.60 Å². The number of ether oxygens (including phenoxy) is 5. The SMILES string of the molecule is C.CCc1nc2c(cnn2CC)c(NC2CCOCC2)c1CNC(=O)c1cc(C)cc(C(=O)NCc2ccc(OC)c(-c3cccc(CN4CCN[C@@H](C)C4)c3)c2)c1.CCc1nc2c(cnn2CC)c(NC2CCOCC2)c1CNC(=O)c1cc(C)cc(C(=O)NCc2ccc(OC)c(Br)c2)c1.C[C@H]1CN(Cc2cccc(B3OC(C)(C)C(C)(C)O3)c2)CCN1C(=O)OC(C)(C)C. The Labute approximate surface area is 787 Å². The summed E-state index contributed by atoms with van der Waals surface area (Å²) in [6.07, 6.45) is 8.51. The topological polar surface area (TPSA) is 305 Å². The van der Waals surface area contributed by atoms with Crippen molar-refractivity contribution in [3.05, 3.63) is 216 Å². The Morgan fingerprint density at radius 3 is 1.47 bits per heavy atom. The molecule has 132 heavy (non-hydrogen) atoms. The van der Waals surface area contributed by atoms with Gasteiger partial charge in [0.15, 0.2) is 11.3 Å². The van der Waals surface area contributed by atoms with Gasteiger partial charge in [-0.15, -0.1) is 0 Å². The highest BCUT2D eigenvalue weighted by molar-refractivity contribution is 9.10. The Balaban J connectivity index is 0.000000187. The largest absolute Gasteiger partial charge is 0.496 e. The van der Waals surface area contributed by atoms with E-state index in [9.17, 15) is 24.0 Å². The summed E-state index contributed by atoms with van der Waals surface area (Å²) in [5.41, 5.74) is 16.9. The zero-order valence-electron chi connectivity index (χ0n) is 79.4. The number of carbonyl (C=O) groups excluding carboxylic acids is 5. The molecule has 5 fully saturated rings. The van der Waals surface area contributed by atoms with Gasteiger partial charge < -0.3 is 75.1 Å². The summed E-state index contributed by atoms with van der Waals surface area (Å²) < 4.78 is 44.8. The van der Waals surface area contributed by atoms with Gasteiger partial charge in [-0.05, 0) is 256 Å². The van der Waals surface area contributed by atoms with Crippen LogP contribution in [0, 0.1) is 13.8 Å². The number of piperazine rings is 2. The number of rotatable bonds is 28. The molecule has 4 aromatic heterocycles. The van der Waals surface area contributed by atoms with Crippen molar-refractivity contribution >= 4 is 91.7 Å². The number of anilines is 2. The Hall–Kier alpha value is -10.8. The van der Waals surface area contributed by atoms with Crippen molar-refractivity contribution in [2.24, 2.45) is 0 Å². The molecule has 0 aliphatic carbocycles. The van der Waals surface area contributed by atoms with Gasteiger partial charge in [-0.2, -0.15) is 10.2 Å². The molecule has 28 nitrogen and oxygen atoms in total. The second-order valence-electron chi connectivity index (χ2n) is 36.8. The molecule has 706 valence electrons. The van der Waals surface area contributed by atoms with Gasteiger partial charge in [0.05, 0.1) is 64.4 Å². The summed E-state index contributed by atoms with van der Waals surface area (Å²) in [6, 6.07) is 40.3. The predicted molar refractivity (Wildman–Crippen MR) is 526 cm³/mol. The fourth-order valence-electron chi connectivity index (χ4n) is 17.4. The summed E-state index contributed by atoms with van der Waals surface area (Å²) in [7, 11) is 2.94. The average Bonchev–Trinajstić information content (AvgIpc) is 1.74. The highest BCUT2D eigenvalue weighted by Crippen LogP contribution is 2.39. The molecule has 0 saturated carbocycles. The number of hydrogen-bond acceptors (Lipinski definition) is 21. The van der Waals surface area contributed by atoms with Crippen molar-refractivity contribution in [1.29, 1.82) is 0 Å². The lowest BCUT2D eigenvalue weighted by molar-refractivity contribution is 0.000505. The van der Waals surface area contributed by atoms with Crippen molar-refractivity contribution in [3.8, 4) is 22.6 Å². The molecular weight excluding hydrogens is 1730 g/mol. The zero-order chi connectivity index (χ0) is 93.4. The van der Waals surface area contributed by atoms with Gasteiger partial charge in [0.2, 0.25) is 0 Å². The number of fused-ring (bicyclic) bond motifs is 2. The first-order chi connectivity index (χ1) is 62.8. The van der Waals surface area contributed by atoms with E-state index in [0.29, 0.717) is 100 Å². The first kappa shape index (κ1) is 100. The predicted octanol–water partition coefficient (Wildman–Crippen LogP) is 15.8. The number of hydrogen-bond donors (Lipinski definition) is 7. The fraction of sp³-hybridized carbons (Fsp3) is 0.480. The van der Waals surface area contributed by atoms with E-state index in [0.717, 1.165) is 182 Å². The normalized spacial score (nSPS) is 17.1. The molecular formula is C102H136BBrN16O12. The lowest BCUT2D eigenvalue weighted by atomic mass is 9.78. The number of aromatic nitrogens is 6. The molecule has 0 bridgehead atoms. The molecule has 2 atom stereocenters. The van der Waals surface area contributed by atoms with E-state index in [4.69, 9.17) is 43.0 Å². The van der Waals surface area contributed by atoms with Crippen LogP contribution in [0.1, 0.15) is 220 Å². The molecule has 5 saturated heterocycles. The van der Waals surface area contributed by atoms with Crippen LogP contribution in [0.3, 0.4) is 0 Å². The van der Waals surface area contributed by atoms with Crippen LogP contribution in [-0.4, -0.2) is 202 Å². The summed E-state index contributed by atoms with van der Waals surface area (Å²) in [5, 5.41) is 34.4. The number of benzene rings is 6. The molecule has 5 aliphatic rings. The van der Waals surface area contributed by atoms with Crippen LogP contribution >= 0.6 is 15.9 Å². The van der Waals surface area contributed by atoms with E-state index in [-0.39, 0.29) is 86.7 Å². The van der Waals surface area contributed by atoms with E-state index in [1.165, 1.54) is 11.1 Å². The smallest absolute Gasteiger partial charge is 0.494 e. The van der Waals surface area contributed by atoms with Crippen LogP contribution in [0.4, 0.5) is 16.2 Å². The number of nitrogens with one attached hydrogen (secondary N) is 7.